The van der Waals surface area contributed by atoms with Gasteiger partial charge in [0.2, 0.25) is 0 Å². The summed E-state index contributed by atoms with van der Waals surface area (Å²) in [5, 5.41) is 0. The van der Waals surface area contributed by atoms with Crippen LogP contribution in [-0.4, -0.2) is 5.78 Å². The largest absolute Gasteiger partial charge is 0.416 e. The monoisotopic (exact) mass is 358 g/mol. The molecule has 0 radical (unpaired) electrons. The molecule has 0 unspecified atom stereocenters. The molecular weight excluding hydrogens is 346 g/mol. The van der Waals surface area contributed by atoms with Crippen LogP contribution in [0, 0.1) is 0 Å². The highest BCUT2D eigenvalue weighted by atomic mass is 19.4. The van der Waals surface area contributed by atoms with Gasteiger partial charge >= 0.3 is 12.4 Å². The molecule has 0 spiro atoms. The zero-order valence-corrected chi connectivity index (χ0v) is 12.9. The molecule has 0 atom stereocenters. The molecule has 0 saturated heterocycles. The van der Waals surface area contributed by atoms with E-state index in [0.29, 0.717) is 11.1 Å². The molecule has 25 heavy (non-hydrogen) atoms. The second-order valence-electron chi connectivity index (χ2n) is 5.34. The lowest BCUT2D eigenvalue weighted by Gasteiger charge is -2.08. The number of hydrogen-bond acceptors (Lipinski definition) is 1. The summed E-state index contributed by atoms with van der Waals surface area (Å²) in [5.74, 6) is -0.536. The summed E-state index contributed by atoms with van der Waals surface area (Å²) in [5.41, 5.74) is -0.809. The zero-order chi connectivity index (χ0) is 18.8. The molecule has 0 N–H and O–H groups in total. The van der Waals surface area contributed by atoms with Gasteiger partial charge in [-0.15, -0.1) is 0 Å². The highest BCUT2D eigenvalue weighted by Gasteiger charge is 2.30. The first-order chi connectivity index (χ1) is 11.5. The highest BCUT2D eigenvalue weighted by molar-refractivity contribution is 6.08. The summed E-state index contributed by atoms with van der Waals surface area (Å²) in [7, 11) is 0. The van der Waals surface area contributed by atoms with Crippen LogP contribution < -0.4 is 0 Å². The Morgan fingerprint density at radius 3 is 1.44 bits per heavy atom. The normalized spacial score (nSPS) is 13.0. The number of halogens is 6. The lowest BCUT2D eigenvalue weighted by atomic mass is 10.0. The van der Waals surface area contributed by atoms with Crippen LogP contribution in [0.25, 0.3) is 5.57 Å². The van der Waals surface area contributed by atoms with Gasteiger partial charge in [0.15, 0.2) is 5.78 Å². The second kappa shape index (κ2) is 6.74. The highest BCUT2D eigenvalue weighted by Crippen LogP contribution is 2.31. The summed E-state index contributed by atoms with van der Waals surface area (Å²) in [6.45, 7) is 1.53. The van der Waals surface area contributed by atoms with E-state index >= 15 is 0 Å². The molecule has 7 heteroatoms. The van der Waals surface area contributed by atoms with E-state index in [1.807, 2.05) is 0 Å². The van der Waals surface area contributed by atoms with Crippen molar-refractivity contribution < 1.29 is 31.1 Å². The molecule has 2 aromatic rings. The fourth-order valence-corrected chi connectivity index (χ4v) is 2.11. The van der Waals surface area contributed by atoms with E-state index in [-0.39, 0.29) is 5.56 Å². The summed E-state index contributed by atoms with van der Waals surface area (Å²) in [6, 6.07) is 7.97. The summed E-state index contributed by atoms with van der Waals surface area (Å²) < 4.78 is 75.0. The van der Waals surface area contributed by atoms with Crippen molar-refractivity contribution in [1.82, 2.24) is 0 Å². The minimum Gasteiger partial charge on any atom is -0.289 e. The van der Waals surface area contributed by atoms with Crippen molar-refractivity contribution in [2.45, 2.75) is 19.3 Å². The van der Waals surface area contributed by atoms with Crippen molar-refractivity contribution in [2.75, 3.05) is 0 Å². The minimum atomic E-state index is -4.49. The van der Waals surface area contributed by atoms with Crippen LogP contribution in [0.4, 0.5) is 26.3 Å². The number of carbonyl (C=O) groups excluding carboxylic acids is 1. The third-order valence-corrected chi connectivity index (χ3v) is 3.51. The van der Waals surface area contributed by atoms with Gasteiger partial charge in [-0.2, -0.15) is 26.3 Å². The van der Waals surface area contributed by atoms with Gasteiger partial charge in [-0.05, 0) is 48.4 Å². The lowest BCUT2D eigenvalue weighted by molar-refractivity contribution is -0.138. The van der Waals surface area contributed by atoms with Crippen LogP contribution in [0.15, 0.2) is 54.6 Å². The van der Waals surface area contributed by atoms with Crippen molar-refractivity contribution in [3.63, 3.8) is 0 Å². The average Bonchev–Trinajstić information content (AvgIpc) is 2.53. The Hall–Kier alpha value is -2.57. The van der Waals surface area contributed by atoms with Crippen LogP contribution in [-0.2, 0) is 12.4 Å². The van der Waals surface area contributed by atoms with E-state index in [4.69, 9.17) is 0 Å². The first kappa shape index (κ1) is 18.8. The quantitative estimate of drug-likeness (QED) is 0.373. The van der Waals surface area contributed by atoms with Crippen LogP contribution in [0.5, 0.6) is 0 Å². The Morgan fingerprint density at radius 2 is 1.08 bits per heavy atom. The molecule has 0 bridgehead atoms. The molecular formula is C18H12F6O. The molecule has 0 saturated carbocycles. The number of benzene rings is 2. The summed E-state index contributed by atoms with van der Waals surface area (Å²) in [6.07, 6.45) is -7.77. The van der Waals surface area contributed by atoms with Gasteiger partial charge in [-0.3, -0.25) is 4.79 Å². The van der Waals surface area contributed by atoms with E-state index < -0.39 is 29.3 Å². The van der Waals surface area contributed by atoms with Crippen molar-refractivity contribution in [3.05, 3.63) is 76.9 Å². The minimum absolute atomic E-state index is 0.0549. The topological polar surface area (TPSA) is 17.1 Å². The van der Waals surface area contributed by atoms with Crippen molar-refractivity contribution in [2.24, 2.45) is 0 Å². The van der Waals surface area contributed by atoms with Crippen LogP contribution >= 0.6 is 0 Å². The number of alkyl halides is 6. The maximum Gasteiger partial charge on any atom is 0.416 e. The second-order valence-corrected chi connectivity index (χ2v) is 5.34. The Labute approximate surface area is 139 Å². The van der Waals surface area contributed by atoms with E-state index in [9.17, 15) is 31.1 Å². The van der Waals surface area contributed by atoms with E-state index in [0.717, 1.165) is 36.4 Å². The Balaban J connectivity index is 2.20. The van der Waals surface area contributed by atoms with Gasteiger partial charge in [0, 0.05) is 5.56 Å². The number of ketones is 1. The lowest BCUT2D eigenvalue weighted by Crippen LogP contribution is -2.05. The smallest absolute Gasteiger partial charge is 0.289 e. The van der Waals surface area contributed by atoms with Crippen LogP contribution in [0.3, 0.4) is 0 Å². The molecule has 0 aromatic heterocycles. The van der Waals surface area contributed by atoms with E-state index in [1.54, 1.807) is 0 Å². The van der Waals surface area contributed by atoms with E-state index in [1.165, 1.54) is 25.1 Å². The van der Waals surface area contributed by atoms with E-state index in [2.05, 4.69) is 0 Å². The van der Waals surface area contributed by atoms with Crippen molar-refractivity contribution in [3.8, 4) is 0 Å². The third kappa shape index (κ3) is 4.71. The summed E-state index contributed by atoms with van der Waals surface area (Å²) >= 11 is 0. The van der Waals surface area contributed by atoms with Gasteiger partial charge in [0.25, 0.3) is 0 Å². The molecule has 0 heterocycles. The van der Waals surface area contributed by atoms with Gasteiger partial charge in [-0.1, -0.05) is 24.3 Å². The molecule has 0 fully saturated rings. The average molecular weight is 358 g/mol. The fraction of sp³-hybridized carbons (Fsp3) is 0.167. The zero-order valence-electron chi connectivity index (χ0n) is 12.9. The van der Waals surface area contributed by atoms with Gasteiger partial charge in [0.05, 0.1) is 11.1 Å². The van der Waals surface area contributed by atoms with Crippen molar-refractivity contribution >= 4 is 11.4 Å². The first-order valence-electron chi connectivity index (χ1n) is 7.06. The fourth-order valence-electron chi connectivity index (χ4n) is 2.11. The standard InChI is InChI=1S/C18H12F6O/c1-11(12-2-6-14(7-3-12)17(19,20)21)10-16(25)13-4-8-15(9-5-13)18(22,23)24/h2-10H,1H3/b11-10+. The molecule has 132 valence electrons. The number of carbonyl (C=O) groups is 1. The van der Waals surface area contributed by atoms with Crippen LogP contribution in [0.2, 0.25) is 0 Å². The SMILES string of the molecule is C/C(=C\C(=O)c1ccc(C(F)(F)F)cc1)c1ccc(C(F)(F)F)cc1. The molecule has 0 aliphatic carbocycles. The third-order valence-electron chi connectivity index (χ3n) is 3.51. The number of hydrogen-bond donors (Lipinski definition) is 0. The molecule has 1 nitrogen and oxygen atoms in total. The Morgan fingerprint density at radius 1 is 0.720 bits per heavy atom. The Kier molecular flexibility index (Phi) is 5.06. The van der Waals surface area contributed by atoms with Gasteiger partial charge in [0.1, 0.15) is 0 Å². The van der Waals surface area contributed by atoms with Crippen molar-refractivity contribution in [1.29, 1.82) is 0 Å². The molecule has 2 aromatic carbocycles. The maximum absolute atomic E-state index is 12.5. The summed E-state index contributed by atoms with van der Waals surface area (Å²) in [4.78, 5) is 12.1. The Bertz CT molecular complexity index is 780. The number of rotatable bonds is 3. The molecule has 0 amide bonds. The van der Waals surface area contributed by atoms with Crippen LogP contribution in [0.1, 0.15) is 34.0 Å². The molecule has 0 aliphatic heterocycles. The molecule has 2 rings (SSSR count). The van der Waals surface area contributed by atoms with Gasteiger partial charge < -0.3 is 0 Å². The maximum atomic E-state index is 12.5. The predicted octanol–water partition coefficient (Wildman–Crippen LogP) is 6.01. The number of allylic oxidation sites excluding steroid dienone is 2. The first-order valence-corrected chi connectivity index (χ1v) is 7.06. The van der Waals surface area contributed by atoms with Gasteiger partial charge in [-0.25, -0.2) is 0 Å². The predicted molar refractivity (Wildman–Crippen MR) is 80.9 cm³/mol. The molecule has 0 aliphatic rings.